The molecule has 2 aromatic carbocycles. The van der Waals surface area contributed by atoms with Gasteiger partial charge in [-0.15, -0.1) is 0 Å². The predicted octanol–water partition coefficient (Wildman–Crippen LogP) is 3.69. The molecule has 106 valence electrons. The van der Waals surface area contributed by atoms with Crippen LogP contribution in [0.2, 0.25) is 0 Å². The number of ether oxygens (including phenoxy) is 2. The second kappa shape index (κ2) is 6.96. The van der Waals surface area contributed by atoms with Crippen LogP contribution in [-0.4, -0.2) is 13.2 Å². The Morgan fingerprint density at radius 2 is 1.80 bits per heavy atom. The molecule has 0 bridgehead atoms. The summed E-state index contributed by atoms with van der Waals surface area (Å²) in [5.74, 6) is 2.31. The average Bonchev–Trinajstić information content (AvgIpc) is 2.44. The fourth-order valence-corrected chi connectivity index (χ4v) is 2.10. The fraction of sp³-hybridized carbons (Fsp3) is 0.294. The Labute approximate surface area is 120 Å². The van der Waals surface area contributed by atoms with E-state index in [2.05, 4.69) is 13.0 Å². The third-order valence-corrected chi connectivity index (χ3v) is 3.10. The van der Waals surface area contributed by atoms with Crippen molar-refractivity contribution in [3.05, 3.63) is 53.6 Å². The molecule has 20 heavy (non-hydrogen) atoms. The van der Waals surface area contributed by atoms with Gasteiger partial charge in [0.1, 0.15) is 5.75 Å². The summed E-state index contributed by atoms with van der Waals surface area (Å²) in [6, 6.07) is 13.8. The topological polar surface area (TPSA) is 44.5 Å². The van der Waals surface area contributed by atoms with Crippen LogP contribution in [0.5, 0.6) is 17.2 Å². The molecular formula is C17H21NO2. The van der Waals surface area contributed by atoms with E-state index in [1.54, 1.807) is 0 Å². The van der Waals surface area contributed by atoms with Crippen molar-refractivity contribution in [2.24, 2.45) is 5.73 Å². The van der Waals surface area contributed by atoms with Crippen LogP contribution >= 0.6 is 0 Å². The number of aryl methyl sites for hydroxylation is 1. The van der Waals surface area contributed by atoms with E-state index in [4.69, 9.17) is 15.2 Å². The third-order valence-electron chi connectivity index (χ3n) is 3.10. The summed E-state index contributed by atoms with van der Waals surface area (Å²) in [5, 5.41) is 0. The van der Waals surface area contributed by atoms with Gasteiger partial charge in [0.25, 0.3) is 0 Å². The van der Waals surface area contributed by atoms with Crippen LogP contribution in [0.4, 0.5) is 0 Å². The molecule has 0 saturated heterocycles. The van der Waals surface area contributed by atoms with Gasteiger partial charge in [-0.05, 0) is 62.2 Å². The predicted molar refractivity (Wildman–Crippen MR) is 81.6 cm³/mol. The minimum atomic E-state index is 0.620. The van der Waals surface area contributed by atoms with E-state index in [0.29, 0.717) is 13.2 Å². The van der Waals surface area contributed by atoms with Crippen LogP contribution in [0, 0.1) is 6.92 Å². The van der Waals surface area contributed by atoms with Crippen molar-refractivity contribution in [2.45, 2.75) is 20.3 Å². The zero-order chi connectivity index (χ0) is 14.4. The maximum Gasteiger partial charge on any atom is 0.169 e. The van der Waals surface area contributed by atoms with E-state index < -0.39 is 0 Å². The Morgan fingerprint density at radius 3 is 2.45 bits per heavy atom. The summed E-state index contributed by atoms with van der Waals surface area (Å²) in [4.78, 5) is 0. The third kappa shape index (κ3) is 3.52. The van der Waals surface area contributed by atoms with Gasteiger partial charge in [0, 0.05) is 0 Å². The van der Waals surface area contributed by atoms with E-state index in [1.165, 1.54) is 11.1 Å². The molecule has 0 saturated carbocycles. The molecule has 3 heteroatoms. The Kier molecular flexibility index (Phi) is 5.02. The van der Waals surface area contributed by atoms with E-state index in [-0.39, 0.29) is 0 Å². The SMILES string of the molecule is CCOc1ccccc1Oc1ccc(CCN)c(C)c1. The van der Waals surface area contributed by atoms with Gasteiger partial charge >= 0.3 is 0 Å². The highest BCUT2D eigenvalue weighted by molar-refractivity contribution is 5.44. The van der Waals surface area contributed by atoms with Crippen LogP contribution in [0.15, 0.2) is 42.5 Å². The van der Waals surface area contributed by atoms with Crippen LogP contribution < -0.4 is 15.2 Å². The Hall–Kier alpha value is -2.00. The van der Waals surface area contributed by atoms with Gasteiger partial charge in [-0.3, -0.25) is 0 Å². The molecule has 0 aliphatic heterocycles. The second-order valence-electron chi connectivity index (χ2n) is 4.61. The first-order valence-electron chi connectivity index (χ1n) is 6.94. The summed E-state index contributed by atoms with van der Waals surface area (Å²) in [6.45, 7) is 5.32. The fourth-order valence-electron chi connectivity index (χ4n) is 2.10. The van der Waals surface area contributed by atoms with E-state index in [0.717, 1.165) is 23.7 Å². The highest BCUT2D eigenvalue weighted by Gasteiger charge is 2.06. The average molecular weight is 271 g/mol. The van der Waals surface area contributed by atoms with Crippen molar-refractivity contribution in [1.29, 1.82) is 0 Å². The highest BCUT2D eigenvalue weighted by atomic mass is 16.5. The molecule has 0 spiro atoms. The lowest BCUT2D eigenvalue weighted by Crippen LogP contribution is -2.04. The summed E-state index contributed by atoms with van der Waals surface area (Å²) in [7, 11) is 0. The summed E-state index contributed by atoms with van der Waals surface area (Å²) >= 11 is 0. The summed E-state index contributed by atoms with van der Waals surface area (Å²) in [5.41, 5.74) is 8.05. The number of hydrogen-bond donors (Lipinski definition) is 1. The van der Waals surface area contributed by atoms with Gasteiger partial charge in [0.05, 0.1) is 6.61 Å². The lowest BCUT2D eigenvalue weighted by atomic mass is 10.1. The molecule has 0 heterocycles. The maximum absolute atomic E-state index is 5.92. The quantitative estimate of drug-likeness (QED) is 0.871. The van der Waals surface area contributed by atoms with Crippen molar-refractivity contribution in [3.8, 4) is 17.2 Å². The largest absolute Gasteiger partial charge is 0.490 e. The number of para-hydroxylation sites is 2. The van der Waals surface area contributed by atoms with E-state index in [1.807, 2.05) is 43.3 Å². The van der Waals surface area contributed by atoms with E-state index in [9.17, 15) is 0 Å². The molecule has 2 N–H and O–H groups in total. The first-order valence-corrected chi connectivity index (χ1v) is 6.94. The minimum Gasteiger partial charge on any atom is -0.490 e. The minimum absolute atomic E-state index is 0.620. The summed E-state index contributed by atoms with van der Waals surface area (Å²) < 4.78 is 11.5. The lowest BCUT2D eigenvalue weighted by molar-refractivity contribution is 0.321. The van der Waals surface area contributed by atoms with Crippen molar-refractivity contribution in [3.63, 3.8) is 0 Å². The van der Waals surface area contributed by atoms with Crippen LogP contribution in [0.25, 0.3) is 0 Å². The molecule has 0 aliphatic carbocycles. The highest BCUT2D eigenvalue weighted by Crippen LogP contribution is 2.32. The van der Waals surface area contributed by atoms with Crippen molar-refractivity contribution < 1.29 is 9.47 Å². The van der Waals surface area contributed by atoms with Gasteiger partial charge in [-0.2, -0.15) is 0 Å². The van der Waals surface area contributed by atoms with Gasteiger partial charge in [-0.1, -0.05) is 18.2 Å². The first kappa shape index (κ1) is 14.4. The van der Waals surface area contributed by atoms with Crippen LogP contribution in [0.3, 0.4) is 0 Å². The van der Waals surface area contributed by atoms with Gasteiger partial charge in [-0.25, -0.2) is 0 Å². The molecular weight excluding hydrogens is 250 g/mol. The molecule has 2 rings (SSSR count). The van der Waals surface area contributed by atoms with E-state index >= 15 is 0 Å². The molecule has 0 unspecified atom stereocenters. The van der Waals surface area contributed by atoms with Gasteiger partial charge in [0.2, 0.25) is 0 Å². The first-order chi connectivity index (χ1) is 9.74. The van der Waals surface area contributed by atoms with Gasteiger partial charge < -0.3 is 15.2 Å². The molecule has 3 nitrogen and oxygen atoms in total. The van der Waals surface area contributed by atoms with Crippen molar-refractivity contribution >= 4 is 0 Å². The zero-order valence-electron chi connectivity index (χ0n) is 12.1. The smallest absolute Gasteiger partial charge is 0.169 e. The van der Waals surface area contributed by atoms with Crippen molar-refractivity contribution in [1.82, 2.24) is 0 Å². The normalized spacial score (nSPS) is 10.3. The maximum atomic E-state index is 5.92. The van der Waals surface area contributed by atoms with Crippen LogP contribution in [-0.2, 0) is 6.42 Å². The molecule has 0 amide bonds. The molecule has 2 aromatic rings. The zero-order valence-corrected chi connectivity index (χ0v) is 12.1. The number of rotatable bonds is 6. The summed E-state index contributed by atoms with van der Waals surface area (Å²) in [6.07, 6.45) is 0.891. The Morgan fingerprint density at radius 1 is 1.05 bits per heavy atom. The second-order valence-corrected chi connectivity index (χ2v) is 4.61. The number of benzene rings is 2. The van der Waals surface area contributed by atoms with Gasteiger partial charge in [0.15, 0.2) is 11.5 Å². The molecule has 0 aromatic heterocycles. The number of hydrogen-bond acceptors (Lipinski definition) is 3. The Balaban J connectivity index is 2.20. The molecule has 0 atom stereocenters. The Bertz CT molecular complexity index is 567. The van der Waals surface area contributed by atoms with Crippen LogP contribution in [0.1, 0.15) is 18.1 Å². The monoisotopic (exact) mass is 271 g/mol. The number of nitrogens with two attached hydrogens (primary N) is 1. The molecule has 0 radical (unpaired) electrons. The molecule has 0 fully saturated rings. The lowest BCUT2D eigenvalue weighted by Gasteiger charge is -2.12. The standard InChI is InChI=1S/C17H21NO2/c1-3-19-16-6-4-5-7-17(16)20-15-9-8-14(10-11-18)13(2)12-15/h4-9,12H,3,10-11,18H2,1-2H3. The van der Waals surface area contributed by atoms with Crippen molar-refractivity contribution in [2.75, 3.05) is 13.2 Å². The molecule has 0 aliphatic rings.